The average molecular weight is 351 g/mol. The molecule has 1 heterocycles. The SMILES string of the molecule is CNC(=O)c1ccc(CNc2noc(-c3ccccc3)c2C(=O)O)cc1. The van der Waals surface area contributed by atoms with Gasteiger partial charge in [-0.1, -0.05) is 47.6 Å². The van der Waals surface area contributed by atoms with Gasteiger partial charge in [0, 0.05) is 24.7 Å². The van der Waals surface area contributed by atoms with Crippen molar-refractivity contribution in [3.8, 4) is 11.3 Å². The van der Waals surface area contributed by atoms with E-state index in [2.05, 4.69) is 15.8 Å². The van der Waals surface area contributed by atoms with Crippen LogP contribution in [0.25, 0.3) is 11.3 Å². The standard InChI is InChI=1S/C19H17N3O4/c1-20-18(23)14-9-7-12(8-10-14)11-21-17-15(19(24)25)16(26-22-17)13-5-3-2-4-6-13/h2-10H,11H2,1H3,(H,20,23)(H,21,22)(H,24,25). The van der Waals surface area contributed by atoms with Gasteiger partial charge in [0.1, 0.15) is 0 Å². The molecular formula is C19H17N3O4. The molecule has 0 saturated heterocycles. The van der Waals surface area contributed by atoms with Gasteiger partial charge in [0.05, 0.1) is 0 Å². The van der Waals surface area contributed by atoms with Crippen LogP contribution in [0.5, 0.6) is 0 Å². The lowest BCUT2D eigenvalue weighted by molar-refractivity contribution is 0.0698. The van der Waals surface area contributed by atoms with Gasteiger partial charge in [-0.15, -0.1) is 0 Å². The molecule has 0 aliphatic carbocycles. The van der Waals surface area contributed by atoms with Crippen LogP contribution in [0.15, 0.2) is 59.1 Å². The van der Waals surface area contributed by atoms with Crippen LogP contribution in [0.1, 0.15) is 26.3 Å². The van der Waals surface area contributed by atoms with Gasteiger partial charge in [-0.3, -0.25) is 4.79 Å². The minimum atomic E-state index is -1.12. The highest BCUT2D eigenvalue weighted by molar-refractivity contribution is 5.99. The van der Waals surface area contributed by atoms with Crippen molar-refractivity contribution in [2.75, 3.05) is 12.4 Å². The second-order valence-corrected chi connectivity index (χ2v) is 5.54. The summed E-state index contributed by atoms with van der Waals surface area (Å²) in [6.45, 7) is 0.342. The number of carbonyl (C=O) groups excluding carboxylic acids is 1. The van der Waals surface area contributed by atoms with Crippen LogP contribution in [0.4, 0.5) is 5.82 Å². The lowest BCUT2D eigenvalue weighted by Crippen LogP contribution is -2.17. The Kier molecular flexibility index (Phi) is 4.98. The quantitative estimate of drug-likeness (QED) is 0.630. The number of anilines is 1. The third-order valence-corrected chi connectivity index (χ3v) is 3.85. The highest BCUT2D eigenvalue weighted by Crippen LogP contribution is 2.29. The molecule has 0 atom stereocenters. The van der Waals surface area contributed by atoms with Crippen LogP contribution >= 0.6 is 0 Å². The number of hydrogen-bond acceptors (Lipinski definition) is 5. The fourth-order valence-corrected chi connectivity index (χ4v) is 2.50. The fourth-order valence-electron chi connectivity index (χ4n) is 2.50. The molecule has 0 spiro atoms. The first-order chi connectivity index (χ1) is 12.6. The molecule has 7 nitrogen and oxygen atoms in total. The Bertz CT molecular complexity index is 918. The van der Waals surface area contributed by atoms with Crippen LogP contribution in [-0.2, 0) is 6.54 Å². The van der Waals surface area contributed by atoms with Crippen LogP contribution in [-0.4, -0.2) is 29.2 Å². The Morgan fingerprint density at radius 2 is 1.77 bits per heavy atom. The van der Waals surface area contributed by atoms with Crippen molar-refractivity contribution < 1.29 is 19.2 Å². The van der Waals surface area contributed by atoms with E-state index in [0.29, 0.717) is 17.7 Å². The second kappa shape index (κ2) is 7.52. The van der Waals surface area contributed by atoms with E-state index in [1.807, 2.05) is 6.07 Å². The van der Waals surface area contributed by atoms with Gasteiger partial charge >= 0.3 is 5.97 Å². The Balaban J connectivity index is 1.79. The van der Waals surface area contributed by atoms with Crippen molar-refractivity contribution in [1.82, 2.24) is 10.5 Å². The molecule has 0 fully saturated rings. The molecule has 0 radical (unpaired) electrons. The summed E-state index contributed by atoms with van der Waals surface area (Å²) in [6.07, 6.45) is 0. The molecule has 0 aliphatic heterocycles. The van der Waals surface area contributed by atoms with E-state index in [1.54, 1.807) is 55.6 Å². The normalized spacial score (nSPS) is 10.3. The molecule has 3 N–H and O–H groups in total. The van der Waals surface area contributed by atoms with Crippen LogP contribution in [0.3, 0.4) is 0 Å². The summed E-state index contributed by atoms with van der Waals surface area (Å²) in [4.78, 5) is 23.2. The molecule has 132 valence electrons. The molecule has 1 aromatic heterocycles. The zero-order valence-corrected chi connectivity index (χ0v) is 14.0. The maximum absolute atomic E-state index is 11.7. The maximum Gasteiger partial charge on any atom is 0.343 e. The summed E-state index contributed by atoms with van der Waals surface area (Å²) >= 11 is 0. The van der Waals surface area contributed by atoms with E-state index in [1.165, 1.54) is 0 Å². The zero-order valence-electron chi connectivity index (χ0n) is 14.0. The van der Waals surface area contributed by atoms with Crippen molar-refractivity contribution >= 4 is 17.7 Å². The minimum Gasteiger partial charge on any atom is -0.477 e. The van der Waals surface area contributed by atoms with Crippen LogP contribution < -0.4 is 10.6 Å². The number of carboxylic acids is 1. The van der Waals surface area contributed by atoms with Crippen molar-refractivity contribution in [3.05, 3.63) is 71.3 Å². The molecule has 1 amide bonds. The number of aromatic carboxylic acids is 1. The van der Waals surface area contributed by atoms with Gasteiger partial charge < -0.3 is 20.3 Å². The number of carboxylic acid groups (broad SMARTS) is 1. The lowest BCUT2D eigenvalue weighted by atomic mass is 10.1. The van der Waals surface area contributed by atoms with E-state index < -0.39 is 5.97 Å². The molecule has 3 aromatic rings. The number of carbonyl (C=O) groups is 2. The summed E-state index contributed by atoms with van der Waals surface area (Å²) in [5.74, 6) is -0.924. The van der Waals surface area contributed by atoms with Crippen LogP contribution in [0.2, 0.25) is 0 Å². The summed E-state index contributed by atoms with van der Waals surface area (Å²) in [5.41, 5.74) is 2.05. The van der Waals surface area contributed by atoms with Crippen LogP contribution in [0, 0.1) is 0 Å². The molecule has 2 aromatic carbocycles. The van der Waals surface area contributed by atoms with E-state index in [-0.39, 0.29) is 23.0 Å². The molecule has 0 bridgehead atoms. The first-order valence-corrected chi connectivity index (χ1v) is 7.93. The van der Waals surface area contributed by atoms with Gasteiger partial charge in [-0.05, 0) is 17.7 Å². The third-order valence-electron chi connectivity index (χ3n) is 3.85. The molecule has 0 aliphatic rings. The van der Waals surface area contributed by atoms with E-state index in [9.17, 15) is 14.7 Å². The van der Waals surface area contributed by atoms with Crippen molar-refractivity contribution in [3.63, 3.8) is 0 Å². The molecule has 7 heteroatoms. The first kappa shape index (κ1) is 17.2. The van der Waals surface area contributed by atoms with Gasteiger partial charge in [0.25, 0.3) is 5.91 Å². The Morgan fingerprint density at radius 3 is 2.38 bits per heavy atom. The molecule has 26 heavy (non-hydrogen) atoms. The largest absolute Gasteiger partial charge is 0.477 e. The number of amides is 1. The number of rotatable bonds is 6. The van der Waals surface area contributed by atoms with Crippen molar-refractivity contribution in [1.29, 1.82) is 0 Å². The summed E-state index contributed by atoms with van der Waals surface area (Å²) < 4.78 is 5.25. The predicted octanol–water partition coefficient (Wildman–Crippen LogP) is 3.01. The monoisotopic (exact) mass is 351 g/mol. The second-order valence-electron chi connectivity index (χ2n) is 5.54. The van der Waals surface area contributed by atoms with Crippen molar-refractivity contribution in [2.24, 2.45) is 0 Å². The number of benzene rings is 2. The summed E-state index contributed by atoms with van der Waals surface area (Å²) in [5, 5.41) is 18.9. The number of hydrogen-bond donors (Lipinski definition) is 3. The van der Waals surface area contributed by atoms with Gasteiger partial charge in [-0.25, -0.2) is 4.79 Å². The highest BCUT2D eigenvalue weighted by Gasteiger charge is 2.23. The summed E-state index contributed by atoms with van der Waals surface area (Å²) in [6, 6.07) is 15.9. The Morgan fingerprint density at radius 1 is 1.08 bits per heavy atom. The van der Waals surface area contributed by atoms with E-state index in [4.69, 9.17) is 4.52 Å². The average Bonchev–Trinajstić information content (AvgIpc) is 3.11. The fraction of sp³-hybridized carbons (Fsp3) is 0.105. The lowest BCUT2D eigenvalue weighted by Gasteiger charge is -2.05. The molecule has 0 unspecified atom stereocenters. The predicted molar refractivity (Wildman–Crippen MR) is 96.1 cm³/mol. The summed E-state index contributed by atoms with van der Waals surface area (Å²) in [7, 11) is 1.57. The van der Waals surface area contributed by atoms with E-state index in [0.717, 1.165) is 5.56 Å². The number of aromatic nitrogens is 1. The third kappa shape index (κ3) is 3.56. The van der Waals surface area contributed by atoms with E-state index >= 15 is 0 Å². The molecule has 3 rings (SSSR count). The van der Waals surface area contributed by atoms with Crippen molar-refractivity contribution in [2.45, 2.75) is 6.54 Å². The highest BCUT2D eigenvalue weighted by atomic mass is 16.5. The Hall–Kier alpha value is -3.61. The first-order valence-electron chi connectivity index (χ1n) is 7.93. The number of nitrogens with one attached hydrogen (secondary N) is 2. The molecular weight excluding hydrogens is 334 g/mol. The van der Waals surface area contributed by atoms with Gasteiger partial charge in [0.2, 0.25) is 0 Å². The topological polar surface area (TPSA) is 104 Å². The Labute approximate surface area is 149 Å². The molecule has 0 saturated carbocycles. The van der Waals surface area contributed by atoms with Gasteiger partial charge in [-0.2, -0.15) is 0 Å². The minimum absolute atomic E-state index is 0.0156. The zero-order chi connectivity index (χ0) is 18.5. The maximum atomic E-state index is 11.7. The number of nitrogens with zero attached hydrogens (tertiary/aromatic N) is 1. The van der Waals surface area contributed by atoms with Gasteiger partial charge in [0.15, 0.2) is 17.1 Å². The smallest absolute Gasteiger partial charge is 0.343 e.